The van der Waals surface area contributed by atoms with Crippen molar-refractivity contribution in [3.05, 3.63) is 16.6 Å². The average Bonchev–Trinajstić information content (AvgIpc) is 2.72. The highest BCUT2D eigenvalue weighted by Gasteiger charge is 2.24. The Kier molecular flexibility index (Phi) is 3.72. The molecule has 1 N–H and O–H groups in total. The van der Waals surface area contributed by atoms with Gasteiger partial charge in [-0.1, -0.05) is 6.92 Å². The van der Waals surface area contributed by atoms with Crippen molar-refractivity contribution in [1.82, 2.24) is 15.2 Å². The predicted molar refractivity (Wildman–Crippen MR) is 64.2 cm³/mol. The maximum absolute atomic E-state index is 4.44. The lowest BCUT2D eigenvalue weighted by Crippen LogP contribution is -2.50. The van der Waals surface area contributed by atoms with Crippen LogP contribution in [0.15, 0.2) is 11.6 Å². The Labute approximate surface area is 95.5 Å². The number of hydrogen-bond acceptors (Lipinski definition) is 4. The largest absolute Gasteiger partial charge is 0.312 e. The summed E-state index contributed by atoms with van der Waals surface area (Å²) in [5.74, 6) is 0. The Morgan fingerprint density at radius 2 is 2.60 bits per heavy atom. The molecule has 0 radical (unpaired) electrons. The van der Waals surface area contributed by atoms with Crippen molar-refractivity contribution >= 4 is 11.3 Å². The smallest absolute Gasteiger partial charge is 0.110 e. The minimum Gasteiger partial charge on any atom is -0.312 e. The summed E-state index contributed by atoms with van der Waals surface area (Å²) in [6.07, 6.45) is 3.06. The SMILES string of the molecule is CCC(c1nccs1)N1CCNC(C)C1. The third-order valence-electron chi connectivity index (χ3n) is 2.96. The van der Waals surface area contributed by atoms with Crippen LogP contribution in [0.2, 0.25) is 0 Å². The molecule has 2 heterocycles. The molecule has 1 aromatic rings. The van der Waals surface area contributed by atoms with E-state index in [0.717, 1.165) is 26.1 Å². The maximum atomic E-state index is 4.44. The standard InChI is InChI=1S/C11H19N3S/c1-3-10(11-13-5-7-15-11)14-6-4-12-9(2)8-14/h5,7,9-10,12H,3-4,6,8H2,1-2H3. The van der Waals surface area contributed by atoms with Gasteiger partial charge >= 0.3 is 0 Å². The molecule has 1 aliphatic heterocycles. The van der Waals surface area contributed by atoms with Gasteiger partial charge in [-0.15, -0.1) is 11.3 Å². The fourth-order valence-corrected chi connectivity index (χ4v) is 3.09. The van der Waals surface area contributed by atoms with E-state index < -0.39 is 0 Å². The van der Waals surface area contributed by atoms with Crippen LogP contribution in [0.25, 0.3) is 0 Å². The number of aromatic nitrogens is 1. The van der Waals surface area contributed by atoms with Crippen molar-refractivity contribution in [3.63, 3.8) is 0 Å². The van der Waals surface area contributed by atoms with Gasteiger partial charge in [0.15, 0.2) is 0 Å². The van der Waals surface area contributed by atoms with Gasteiger partial charge in [0.1, 0.15) is 5.01 Å². The molecule has 2 unspecified atom stereocenters. The van der Waals surface area contributed by atoms with Crippen molar-refractivity contribution in [3.8, 4) is 0 Å². The van der Waals surface area contributed by atoms with E-state index in [-0.39, 0.29) is 0 Å². The van der Waals surface area contributed by atoms with Crippen LogP contribution in [0, 0.1) is 0 Å². The summed E-state index contributed by atoms with van der Waals surface area (Å²) in [5, 5.41) is 6.82. The second kappa shape index (κ2) is 5.05. The first-order chi connectivity index (χ1) is 7.31. The molecule has 0 spiro atoms. The first-order valence-corrected chi connectivity index (χ1v) is 6.56. The minimum atomic E-state index is 0.523. The van der Waals surface area contributed by atoms with Crippen LogP contribution in [0.1, 0.15) is 31.3 Å². The van der Waals surface area contributed by atoms with Crippen molar-refractivity contribution < 1.29 is 0 Å². The molecule has 0 aromatic carbocycles. The zero-order valence-electron chi connectivity index (χ0n) is 9.44. The second-order valence-electron chi connectivity index (χ2n) is 4.14. The molecule has 15 heavy (non-hydrogen) atoms. The molecule has 1 fully saturated rings. The van der Waals surface area contributed by atoms with E-state index in [2.05, 4.69) is 34.4 Å². The van der Waals surface area contributed by atoms with E-state index in [1.165, 1.54) is 5.01 Å². The molecule has 84 valence electrons. The molecule has 0 amide bonds. The van der Waals surface area contributed by atoms with E-state index in [0.29, 0.717) is 12.1 Å². The Bertz CT molecular complexity index is 286. The molecule has 4 heteroatoms. The fourth-order valence-electron chi connectivity index (χ4n) is 2.23. The van der Waals surface area contributed by atoms with Gasteiger partial charge in [0.25, 0.3) is 0 Å². The van der Waals surface area contributed by atoms with Crippen LogP contribution in [0.3, 0.4) is 0 Å². The average molecular weight is 225 g/mol. The summed E-state index contributed by atoms with van der Waals surface area (Å²) in [4.78, 5) is 7.00. The van der Waals surface area contributed by atoms with Crippen molar-refractivity contribution in [2.24, 2.45) is 0 Å². The fraction of sp³-hybridized carbons (Fsp3) is 0.727. The first-order valence-electron chi connectivity index (χ1n) is 5.68. The zero-order valence-corrected chi connectivity index (χ0v) is 10.3. The van der Waals surface area contributed by atoms with Crippen LogP contribution in [0.5, 0.6) is 0 Å². The van der Waals surface area contributed by atoms with Gasteiger partial charge in [-0.2, -0.15) is 0 Å². The normalized spacial score (nSPS) is 25.3. The van der Waals surface area contributed by atoms with Crippen LogP contribution in [-0.4, -0.2) is 35.6 Å². The summed E-state index contributed by atoms with van der Waals surface area (Å²) >= 11 is 1.78. The molecule has 0 aliphatic carbocycles. The number of nitrogens with one attached hydrogen (secondary N) is 1. The zero-order chi connectivity index (χ0) is 10.7. The Morgan fingerprint density at radius 1 is 1.73 bits per heavy atom. The van der Waals surface area contributed by atoms with Gasteiger partial charge in [-0.05, 0) is 13.3 Å². The van der Waals surface area contributed by atoms with Gasteiger partial charge in [0.2, 0.25) is 0 Å². The highest BCUT2D eigenvalue weighted by molar-refractivity contribution is 7.09. The molecule has 0 saturated carbocycles. The molecule has 3 nitrogen and oxygen atoms in total. The summed E-state index contributed by atoms with van der Waals surface area (Å²) in [6.45, 7) is 7.88. The lowest BCUT2D eigenvalue weighted by atomic mass is 10.1. The number of rotatable bonds is 3. The summed E-state index contributed by atoms with van der Waals surface area (Å²) < 4.78 is 0. The molecular formula is C11H19N3S. The first kappa shape index (κ1) is 11.0. The molecular weight excluding hydrogens is 206 g/mol. The van der Waals surface area contributed by atoms with Crippen LogP contribution in [0.4, 0.5) is 0 Å². The molecule has 1 aromatic heterocycles. The van der Waals surface area contributed by atoms with E-state index in [1.807, 2.05) is 6.20 Å². The van der Waals surface area contributed by atoms with Crippen molar-refractivity contribution in [2.75, 3.05) is 19.6 Å². The third kappa shape index (κ3) is 2.56. The van der Waals surface area contributed by atoms with E-state index in [4.69, 9.17) is 0 Å². The van der Waals surface area contributed by atoms with Gasteiger partial charge in [-0.25, -0.2) is 4.98 Å². The second-order valence-corrected chi connectivity index (χ2v) is 5.07. The highest BCUT2D eigenvalue weighted by Crippen LogP contribution is 2.26. The van der Waals surface area contributed by atoms with Crippen LogP contribution < -0.4 is 5.32 Å². The number of nitrogens with zero attached hydrogens (tertiary/aromatic N) is 2. The van der Waals surface area contributed by atoms with Crippen LogP contribution >= 0.6 is 11.3 Å². The Balaban J connectivity index is 2.06. The summed E-state index contributed by atoms with van der Waals surface area (Å²) in [7, 11) is 0. The Morgan fingerprint density at radius 3 is 3.20 bits per heavy atom. The highest BCUT2D eigenvalue weighted by atomic mass is 32.1. The van der Waals surface area contributed by atoms with Gasteiger partial charge in [0.05, 0.1) is 6.04 Å². The van der Waals surface area contributed by atoms with Crippen molar-refractivity contribution in [1.29, 1.82) is 0 Å². The monoisotopic (exact) mass is 225 g/mol. The van der Waals surface area contributed by atoms with Gasteiger partial charge in [0, 0.05) is 37.3 Å². The summed E-state index contributed by atoms with van der Waals surface area (Å²) in [6, 6.07) is 1.13. The maximum Gasteiger partial charge on any atom is 0.110 e. The van der Waals surface area contributed by atoms with Gasteiger partial charge < -0.3 is 5.32 Å². The Hall–Kier alpha value is -0.450. The topological polar surface area (TPSA) is 28.2 Å². The number of thiazole rings is 1. The van der Waals surface area contributed by atoms with E-state index in [1.54, 1.807) is 11.3 Å². The molecule has 1 aliphatic rings. The van der Waals surface area contributed by atoms with Crippen LogP contribution in [-0.2, 0) is 0 Å². The number of piperazine rings is 1. The minimum absolute atomic E-state index is 0.523. The predicted octanol–water partition coefficient (Wildman–Crippen LogP) is 1.89. The quantitative estimate of drug-likeness (QED) is 0.851. The number of hydrogen-bond donors (Lipinski definition) is 1. The third-order valence-corrected chi connectivity index (χ3v) is 3.84. The molecule has 2 rings (SSSR count). The van der Waals surface area contributed by atoms with Crippen molar-refractivity contribution in [2.45, 2.75) is 32.4 Å². The molecule has 0 bridgehead atoms. The molecule has 2 atom stereocenters. The summed E-state index contributed by atoms with van der Waals surface area (Å²) in [5.41, 5.74) is 0. The lowest BCUT2D eigenvalue weighted by Gasteiger charge is -2.36. The van der Waals surface area contributed by atoms with E-state index in [9.17, 15) is 0 Å². The van der Waals surface area contributed by atoms with Gasteiger partial charge in [-0.3, -0.25) is 4.90 Å². The lowest BCUT2D eigenvalue weighted by molar-refractivity contribution is 0.144. The van der Waals surface area contributed by atoms with E-state index >= 15 is 0 Å². The molecule has 1 saturated heterocycles.